The maximum absolute atomic E-state index is 12.1. The Morgan fingerprint density at radius 1 is 1.30 bits per heavy atom. The summed E-state index contributed by atoms with van der Waals surface area (Å²) in [7, 11) is 1.61. The van der Waals surface area contributed by atoms with Crippen LogP contribution < -0.4 is 4.74 Å². The Bertz CT molecular complexity index is 547. The number of amides is 1. The molecular formula is C18H25NO4. The van der Waals surface area contributed by atoms with E-state index in [2.05, 4.69) is 0 Å². The topological polar surface area (TPSA) is 55.8 Å². The third kappa shape index (κ3) is 4.47. The molecule has 0 radical (unpaired) electrons. The average Bonchev–Trinajstić information content (AvgIpc) is 2.97. The van der Waals surface area contributed by atoms with Gasteiger partial charge >= 0.3 is 6.09 Å². The minimum Gasteiger partial charge on any atom is -0.497 e. The molecule has 2 unspecified atom stereocenters. The van der Waals surface area contributed by atoms with Gasteiger partial charge in [-0.1, -0.05) is 12.1 Å². The van der Waals surface area contributed by atoms with Crippen LogP contribution in [-0.4, -0.2) is 43.1 Å². The molecule has 0 bridgehead atoms. The molecule has 5 heteroatoms. The summed E-state index contributed by atoms with van der Waals surface area (Å²) >= 11 is 0. The van der Waals surface area contributed by atoms with Gasteiger partial charge in [0.2, 0.25) is 0 Å². The van der Waals surface area contributed by atoms with E-state index in [4.69, 9.17) is 9.47 Å². The van der Waals surface area contributed by atoms with Crippen molar-refractivity contribution in [2.75, 3.05) is 20.2 Å². The van der Waals surface area contributed by atoms with Crippen LogP contribution in [0.3, 0.4) is 0 Å². The van der Waals surface area contributed by atoms with Crippen LogP contribution >= 0.6 is 0 Å². The van der Waals surface area contributed by atoms with Crippen molar-refractivity contribution in [1.29, 1.82) is 0 Å². The maximum atomic E-state index is 12.1. The fourth-order valence-electron chi connectivity index (χ4n) is 2.86. The van der Waals surface area contributed by atoms with E-state index in [1.165, 1.54) is 0 Å². The molecule has 5 nitrogen and oxygen atoms in total. The van der Waals surface area contributed by atoms with Crippen LogP contribution in [0.1, 0.15) is 38.7 Å². The number of hydrogen-bond acceptors (Lipinski definition) is 4. The second-order valence-electron chi connectivity index (χ2n) is 6.91. The lowest BCUT2D eigenvalue weighted by molar-refractivity contribution is -0.110. The first kappa shape index (κ1) is 17.3. The minimum atomic E-state index is -0.505. The molecule has 0 spiro atoms. The summed E-state index contributed by atoms with van der Waals surface area (Å²) in [5.74, 6) is 0.668. The lowest BCUT2D eigenvalue weighted by atomic mass is 9.86. The largest absolute Gasteiger partial charge is 0.497 e. The maximum Gasteiger partial charge on any atom is 0.410 e. The van der Waals surface area contributed by atoms with E-state index in [-0.39, 0.29) is 17.9 Å². The summed E-state index contributed by atoms with van der Waals surface area (Å²) < 4.78 is 10.5. The molecule has 0 aliphatic carbocycles. The van der Waals surface area contributed by atoms with E-state index in [9.17, 15) is 9.59 Å². The molecule has 126 valence electrons. The quantitative estimate of drug-likeness (QED) is 0.800. The number of rotatable bonds is 4. The third-order valence-corrected chi connectivity index (χ3v) is 4.03. The van der Waals surface area contributed by atoms with Crippen molar-refractivity contribution in [2.45, 2.75) is 38.7 Å². The molecule has 1 aromatic carbocycles. The minimum absolute atomic E-state index is 0.119. The Hall–Kier alpha value is -2.04. The highest BCUT2D eigenvalue weighted by Crippen LogP contribution is 2.32. The third-order valence-electron chi connectivity index (χ3n) is 4.03. The molecule has 1 fully saturated rings. The number of ether oxygens (including phenoxy) is 2. The molecule has 1 heterocycles. The van der Waals surface area contributed by atoms with Crippen LogP contribution in [0, 0.1) is 5.92 Å². The van der Waals surface area contributed by atoms with Gasteiger partial charge in [-0.05, 0) is 50.8 Å². The number of carbonyl (C=O) groups is 2. The Morgan fingerprint density at radius 2 is 1.96 bits per heavy atom. The van der Waals surface area contributed by atoms with E-state index in [1.54, 1.807) is 12.0 Å². The van der Waals surface area contributed by atoms with E-state index in [1.807, 2.05) is 45.0 Å². The highest BCUT2D eigenvalue weighted by molar-refractivity contribution is 5.69. The standard InChI is InChI=1S/C18H25NO4/c1-18(2,3)23-17(21)19-10-9-14(11-19)16(12-20)13-5-7-15(22-4)8-6-13/h5-8,12,14,16H,9-11H2,1-4H3. The van der Waals surface area contributed by atoms with Crippen LogP contribution in [0.15, 0.2) is 24.3 Å². The summed E-state index contributed by atoms with van der Waals surface area (Å²) in [4.78, 5) is 25.4. The second kappa shape index (κ2) is 7.02. The molecule has 1 aliphatic rings. The number of hydrogen-bond donors (Lipinski definition) is 0. The summed E-state index contributed by atoms with van der Waals surface area (Å²) in [5, 5.41) is 0. The van der Waals surface area contributed by atoms with E-state index >= 15 is 0 Å². The van der Waals surface area contributed by atoms with Crippen LogP contribution in [-0.2, 0) is 9.53 Å². The van der Waals surface area contributed by atoms with Gasteiger partial charge in [0.25, 0.3) is 0 Å². The van der Waals surface area contributed by atoms with Crippen molar-refractivity contribution in [3.63, 3.8) is 0 Å². The normalized spacial score (nSPS) is 19.3. The number of carbonyl (C=O) groups excluding carboxylic acids is 2. The first-order valence-electron chi connectivity index (χ1n) is 7.91. The van der Waals surface area contributed by atoms with Crippen LogP contribution in [0.25, 0.3) is 0 Å². The molecule has 1 aliphatic heterocycles. The highest BCUT2D eigenvalue weighted by atomic mass is 16.6. The molecule has 1 aromatic rings. The van der Waals surface area contributed by atoms with Gasteiger partial charge < -0.3 is 19.2 Å². The Morgan fingerprint density at radius 3 is 2.48 bits per heavy atom. The van der Waals surface area contributed by atoms with Crippen molar-refractivity contribution < 1.29 is 19.1 Å². The molecule has 23 heavy (non-hydrogen) atoms. The van der Waals surface area contributed by atoms with Crippen molar-refractivity contribution >= 4 is 12.4 Å². The lowest BCUT2D eigenvalue weighted by Gasteiger charge is -2.25. The zero-order chi connectivity index (χ0) is 17.0. The molecule has 2 atom stereocenters. The molecular weight excluding hydrogens is 294 g/mol. The summed E-state index contributed by atoms with van der Waals surface area (Å²) in [5.41, 5.74) is 0.451. The van der Waals surface area contributed by atoms with Crippen LogP contribution in [0.2, 0.25) is 0 Å². The Balaban J connectivity index is 2.03. The van der Waals surface area contributed by atoms with Crippen molar-refractivity contribution in [2.24, 2.45) is 5.92 Å². The molecule has 0 saturated carbocycles. The smallest absolute Gasteiger partial charge is 0.410 e. The molecule has 2 rings (SSSR count). The first-order chi connectivity index (χ1) is 10.8. The number of methoxy groups -OCH3 is 1. The summed E-state index contributed by atoms with van der Waals surface area (Å²) in [6.45, 7) is 6.72. The fraction of sp³-hybridized carbons (Fsp3) is 0.556. The van der Waals surface area contributed by atoms with E-state index < -0.39 is 5.60 Å². The molecule has 1 amide bonds. The van der Waals surface area contributed by atoms with Gasteiger partial charge in [0, 0.05) is 19.0 Å². The zero-order valence-corrected chi connectivity index (χ0v) is 14.2. The monoisotopic (exact) mass is 319 g/mol. The lowest BCUT2D eigenvalue weighted by Crippen LogP contribution is -2.35. The zero-order valence-electron chi connectivity index (χ0n) is 14.2. The predicted octanol–water partition coefficient (Wildman–Crippen LogP) is 3.23. The fourth-order valence-corrected chi connectivity index (χ4v) is 2.86. The van der Waals surface area contributed by atoms with Gasteiger partial charge in [0.1, 0.15) is 17.6 Å². The van der Waals surface area contributed by atoms with Crippen molar-refractivity contribution in [3.8, 4) is 5.75 Å². The van der Waals surface area contributed by atoms with E-state index in [0.717, 1.165) is 24.0 Å². The molecule has 0 N–H and O–H groups in total. The number of aldehydes is 1. The van der Waals surface area contributed by atoms with Gasteiger partial charge in [-0.25, -0.2) is 4.79 Å². The van der Waals surface area contributed by atoms with Crippen LogP contribution in [0.5, 0.6) is 5.75 Å². The van der Waals surface area contributed by atoms with Crippen LogP contribution in [0.4, 0.5) is 4.79 Å². The van der Waals surface area contributed by atoms with Gasteiger partial charge in [-0.2, -0.15) is 0 Å². The SMILES string of the molecule is COc1ccc(C(C=O)C2CCN(C(=O)OC(C)(C)C)C2)cc1. The Labute approximate surface area is 137 Å². The van der Waals surface area contributed by atoms with Gasteiger partial charge in [0.05, 0.1) is 7.11 Å². The highest BCUT2D eigenvalue weighted by Gasteiger charge is 2.34. The second-order valence-corrected chi connectivity index (χ2v) is 6.91. The van der Waals surface area contributed by atoms with Crippen molar-refractivity contribution in [1.82, 2.24) is 4.90 Å². The average molecular weight is 319 g/mol. The number of benzene rings is 1. The van der Waals surface area contributed by atoms with Gasteiger partial charge in [-0.15, -0.1) is 0 Å². The first-order valence-corrected chi connectivity index (χ1v) is 7.91. The number of nitrogens with zero attached hydrogens (tertiary/aromatic N) is 1. The Kier molecular flexibility index (Phi) is 5.29. The summed E-state index contributed by atoms with van der Waals surface area (Å²) in [6, 6.07) is 7.53. The van der Waals surface area contributed by atoms with Gasteiger partial charge in [0.15, 0.2) is 0 Å². The molecule has 1 saturated heterocycles. The summed E-state index contributed by atoms with van der Waals surface area (Å²) in [6.07, 6.45) is 1.47. The molecule has 0 aromatic heterocycles. The van der Waals surface area contributed by atoms with E-state index in [0.29, 0.717) is 13.1 Å². The van der Waals surface area contributed by atoms with Crippen molar-refractivity contribution in [3.05, 3.63) is 29.8 Å². The van der Waals surface area contributed by atoms with Gasteiger partial charge in [-0.3, -0.25) is 0 Å². The number of likely N-dealkylation sites (tertiary alicyclic amines) is 1. The predicted molar refractivity (Wildman–Crippen MR) is 87.7 cm³/mol.